The number of hydrogen-bond donors (Lipinski definition) is 1. The number of nitrogens with two attached hydrogens (primary N) is 1. The number of carbonyl (C=O) groups excluding carboxylic acids is 1. The predicted octanol–water partition coefficient (Wildman–Crippen LogP) is 8.66. The van der Waals surface area contributed by atoms with Gasteiger partial charge in [-0.15, -0.1) is 5.10 Å². The number of hydrogen-bond acceptors (Lipinski definition) is 6. The third-order valence-electron chi connectivity index (χ3n) is 9.35. The topological polar surface area (TPSA) is 95.5 Å². The normalized spacial score (nSPS) is 21.0. The summed E-state index contributed by atoms with van der Waals surface area (Å²) in [7, 11) is 0. The molecule has 8 nitrogen and oxygen atoms in total. The maximum absolute atomic E-state index is 15.5. The van der Waals surface area contributed by atoms with Crippen LogP contribution in [0, 0.1) is 11.4 Å². The van der Waals surface area contributed by atoms with Crippen molar-refractivity contribution >= 4 is 34.0 Å². The van der Waals surface area contributed by atoms with Crippen LogP contribution in [0.5, 0.6) is 0 Å². The summed E-state index contributed by atoms with van der Waals surface area (Å²) in [5.41, 5.74) is 7.19. The van der Waals surface area contributed by atoms with Crippen molar-refractivity contribution in [2.75, 3.05) is 18.1 Å². The molecule has 12 heteroatoms. The van der Waals surface area contributed by atoms with Gasteiger partial charge in [-0.3, -0.25) is 0 Å². The van der Waals surface area contributed by atoms with Gasteiger partial charge in [-0.2, -0.15) is 17.6 Å². The first-order valence-electron chi connectivity index (χ1n) is 16.6. The molecule has 0 spiro atoms. The standard InChI is InChI=1S/C37H41F4N5O3/c1-36(2,3)30-20-26(49-35(42)47)16-17-45(30)31-15-13-25(22-43-31)33(28(21-37(39,40)41)23-9-5-4-6-10-23)24-12-14-29-27(19-24)34(38)44-46(29)32-11-7-8-18-48-32/h4-6,9-10,12-15,19,22,26,30,32H,7-8,11,16-18,20-21H2,1-3H3,(H2,42,47)/b33-28-. The Morgan fingerprint density at radius 2 is 1.76 bits per heavy atom. The number of halogens is 4. The van der Waals surface area contributed by atoms with Crippen LogP contribution in [0.3, 0.4) is 0 Å². The van der Waals surface area contributed by atoms with Crippen LogP contribution in [0.1, 0.15) is 82.2 Å². The number of allylic oxidation sites excluding steroid dienone is 1. The Bertz CT molecular complexity index is 1810. The number of alkyl halides is 3. The summed E-state index contributed by atoms with van der Waals surface area (Å²) in [5, 5.41) is 4.33. The van der Waals surface area contributed by atoms with E-state index in [2.05, 4.69) is 30.8 Å². The minimum atomic E-state index is -4.53. The monoisotopic (exact) mass is 679 g/mol. The summed E-state index contributed by atoms with van der Waals surface area (Å²) >= 11 is 0. The molecule has 260 valence electrons. The number of benzene rings is 2. The number of primary amides is 1. The molecule has 3 unspecified atom stereocenters. The van der Waals surface area contributed by atoms with Gasteiger partial charge in [0, 0.05) is 43.8 Å². The van der Waals surface area contributed by atoms with Gasteiger partial charge in [-0.05, 0) is 71.2 Å². The van der Waals surface area contributed by atoms with Crippen molar-refractivity contribution in [2.24, 2.45) is 11.1 Å². The molecule has 0 saturated carbocycles. The van der Waals surface area contributed by atoms with Gasteiger partial charge in [-0.25, -0.2) is 14.5 Å². The number of ether oxygens (including phenoxy) is 2. The van der Waals surface area contributed by atoms with Crippen molar-refractivity contribution in [1.82, 2.24) is 14.8 Å². The largest absolute Gasteiger partial charge is 0.446 e. The molecule has 2 aromatic heterocycles. The van der Waals surface area contributed by atoms with Gasteiger partial charge in [0.1, 0.15) is 11.9 Å². The lowest BCUT2D eigenvalue weighted by atomic mass is 9.79. The van der Waals surface area contributed by atoms with E-state index in [1.807, 2.05) is 0 Å². The highest BCUT2D eigenvalue weighted by molar-refractivity contribution is 6.00. The van der Waals surface area contributed by atoms with E-state index in [9.17, 15) is 18.0 Å². The lowest BCUT2D eigenvalue weighted by molar-refractivity contribution is -0.122. The van der Waals surface area contributed by atoms with Gasteiger partial charge in [0.2, 0.25) is 5.95 Å². The van der Waals surface area contributed by atoms with Crippen LogP contribution >= 0.6 is 0 Å². The zero-order chi connectivity index (χ0) is 34.9. The summed E-state index contributed by atoms with van der Waals surface area (Å²) in [6.45, 7) is 7.37. The first kappa shape index (κ1) is 34.4. The smallest absolute Gasteiger partial charge is 0.404 e. The Labute approximate surface area is 282 Å². The van der Waals surface area contributed by atoms with Gasteiger partial charge in [0.05, 0.1) is 17.3 Å². The van der Waals surface area contributed by atoms with Crippen molar-refractivity contribution in [3.05, 3.63) is 89.5 Å². The lowest BCUT2D eigenvalue weighted by Gasteiger charge is -2.46. The van der Waals surface area contributed by atoms with Crippen LogP contribution in [0.25, 0.3) is 22.0 Å². The predicted molar refractivity (Wildman–Crippen MR) is 180 cm³/mol. The number of aromatic nitrogens is 3. The summed E-state index contributed by atoms with van der Waals surface area (Å²) in [5.74, 6) is -0.0687. The van der Waals surface area contributed by atoms with E-state index in [0.29, 0.717) is 66.0 Å². The molecule has 2 aromatic carbocycles. The van der Waals surface area contributed by atoms with Gasteiger partial charge < -0.3 is 20.1 Å². The highest BCUT2D eigenvalue weighted by atomic mass is 19.4. The first-order chi connectivity index (χ1) is 23.3. The molecule has 6 rings (SSSR count). The summed E-state index contributed by atoms with van der Waals surface area (Å²) in [4.78, 5) is 18.4. The number of nitrogens with zero attached hydrogens (tertiary/aromatic N) is 4. The minimum absolute atomic E-state index is 0.0439. The van der Waals surface area contributed by atoms with Crippen molar-refractivity contribution in [2.45, 2.75) is 83.8 Å². The third-order valence-corrected chi connectivity index (χ3v) is 9.35. The molecular weight excluding hydrogens is 638 g/mol. The second kappa shape index (κ2) is 13.8. The second-order valence-electron chi connectivity index (χ2n) is 13.9. The van der Waals surface area contributed by atoms with E-state index < -0.39 is 30.9 Å². The van der Waals surface area contributed by atoms with Crippen molar-refractivity contribution in [3.8, 4) is 0 Å². The average Bonchev–Trinajstić information content (AvgIpc) is 3.40. The molecule has 4 heterocycles. The molecule has 0 bridgehead atoms. The van der Waals surface area contributed by atoms with Crippen LogP contribution in [-0.2, 0) is 9.47 Å². The van der Waals surface area contributed by atoms with Crippen LogP contribution in [0.4, 0.5) is 28.2 Å². The van der Waals surface area contributed by atoms with Crippen LogP contribution < -0.4 is 10.6 Å². The third kappa shape index (κ3) is 7.74. The Balaban J connectivity index is 1.46. The zero-order valence-electron chi connectivity index (χ0n) is 27.8. The van der Waals surface area contributed by atoms with Crippen LogP contribution in [0.15, 0.2) is 66.9 Å². The molecule has 1 amide bonds. The fourth-order valence-electron chi connectivity index (χ4n) is 7.09. The van der Waals surface area contributed by atoms with E-state index in [0.717, 1.165) is 12.8 Å². The number of anilines is 1. The first-order valence-corrected chi connectivity index (χ1v) is 16.6. The molecule has 2 saturated heterocycles. The van der Waals surface area contributed by atoms with Gasteiger partial charge in [-0.1, -0.05) is 57.2 Å². The van der Waals surface area contributed by atoms with Crippen LogP contribution in [0.2, 0.25) is 0 Å². The molecule has 0 aliphatic carbocycles. The summed E-state index contributed by atoms with van der Waals surface area (Å²) in [6.07, 6.45) is -2.06. The lowest BCUT2D eigenvalue weighted by Crippen LogP contribution is -2.52. The number of piperidine rings is 1. The fraction of sp³-hybridized carbons (Fsp3) is 0.432. The maximum Gasteiger partial charge on any atom is 0.404 e. The Morgan fingerprint density at radius 1 is 1.00 bits per heavy atom. The van der Waals surface area contributed by atoms with Crippen molar-refractivity contribution in [1.29, 1.82) is 0 Å². The molecule has 2 N–H and O–H groups in total. The molecule has 4 aromatic rings. The SMILES string of the molecule is CC(C)(C)C1CC(OC(N)=O)CCN1c1ccc(/C(=C(/CC(F)(F)F)c2ccccc2)c2ccc3c(c2)c(F)nn3C2CCCCO2)cn1. The molecule has 49 heavy (non-hydrogen) atoms. The molecule has 0 radical (unpaired) electrons. The Kier molecular flexibility index (Phi) is 9.70. The number of carbonyl (C=O) groups is 1. The molecular formula is C37H41F4N5O3. The van der Waals surface area contributed by atoms with Crippen molar-refractivity contribution in [3.63, 3.8) is 0 Å². The van der Waals surface area contributed by atoms with Gasteiger partial charge >= 0.3 is 12.3 Å². The van der Waals surface area contributed by atoms with E-state index in [1.54, 1.807) is 66.9 Å². The second-order valence-corrected chi connectivity index (χ2v) is 13.9. The molecule has 3 atom stereocenters. The number of pyridine rings is 1. The molecule has 2 aliphatic rings. The maximum atomic E-state index is 15.5. The zero-order valence-corrected chi connectivity index (χ0v) is 27.8. The van der Waals surface area contributed by atoms with E-state index in [1.165, 1.54) is 4.68 Å². The highest BCUT2D eigenvalue weighted by Crippen LogP contribution is 2.42. The van der Waals surface area contributed by atoms with E-state index >= 15 is 4.39 Å². The summed E-state index contributed by atoms with van der Waals surface area (Å²) in [6, 6.07) is 16.9. The fourth-order valence-corrected chi connectivity index (χ4v) is 7.09. The van der Waals surface area contributed by atoms with Crippen molar-refractivity contribution < 1.29 is 31.8 Å². The highest BCUT2D eigenvalue weighted by Gasteiger charge is 2.38. The quantitative estimate of drug-likeness (QED) is 0.155. The van der Waals surface area contributed by atoms with Gasteiger partial charge in [0.15, 0.2) is 6.23 Å². The van der Waals surface area contributed by atoms with E-state index in [-0.39, 0.29) is 28.5 Å². The molecule has 2 fully saturated rings. The summed E-state index contributed by atoms with van der Waals surface area (Å²) < 4.78 is 71.1. The Hall–Kier alpha value is -4.45. The number of amides is 1. The van der Waals surface area contributed by atoms with Crippen LogP contribution in [-0.4, -0.2) is 52.3 Å². The number of rotatable bonds is 7. The Morgan fingerprint density at radius 3 is 2.39 bits per heavy atom. The van der Waals surface area contributed by atoms with Gasteiger partial charge in [0.25, 0.3) is 0 Å². The minimum Gasteiger partial charge on any atom is -0.446 e. The molecule has 2 aliphatic heterocycles. The average molecular weight is 680 g/mol. The number of fused-ring (bicyclic) bond motifs is 1. The van der Waals surface area contributed by atoms with E-state index in [4.69, 9.17) is 20.2 Å².